The predicted octanol–water partition coefficient (Wildman–Crippen LogP) is 3.85. The third kappa shape index (κ3) is 2.10. The molecule has 0 saturated heterocycles. The normalized spacial score (nSPS) is 30.4. The molecule has 2 saturated carbocycles. The van der Waals surface area contributed by atoms with Gasteiger partial charge in [0.15, 0.2) is 11.5 Å². The van der Waals surface area contributed by atoms with Crippen molar-refractivity contribution in [2.45, 2.75) is 50.9 Å². The van der Waals surface area contributed by atoms with Crippen LogP contribution in [-0.4, -0.2) is 19.8 Å². The third-order valence-electron chi connectivity index (χ3n) is 5.16. The maximum Gasteiger partial charge on any atom is 0.178 e. The first kappa shape index (κ1) is 12.6. The van der Waals surface area contributed by atoms with Gasteiger partial charge in [-0.1, -0.05) is 37.3 Å². The molecule has 5 heteroatoms. The van der Waals surface area contributed by atoms with Gasteiger partial charge in [0, 0.05) is 5.92 Å². The number of aromatic nitrogens is 4. The molecule has 2 heterocycles. The van der Waals surface area contributed by atoms with E-state index >= 15 is 0 Å². The SMILES string of the molecule is Clc1ccc2nnc(C3CCC4CCCCC4C3)n2n1. The summed E-state index contributed by atoms with van der Waals surface area (Å²) in [5.74, 6) is 3.34. The van der Waals surface area contributed by atoms with Gasteiger partial charge >= 0.3 is 0 Å². The zero-order chi connectivity index (χ0) is 13.5. The topological polar surface area (TPSA) is 43.1 Å². The molecule has 2 fully saturated rings. The molecule has 4 nitrogen and oxygen atoms in total. The van der Waals surface area contributed by atoms with Crippen LogP contribution in [-0.2, 0) is 0 Å². The predicted molar refractivity (Wildman–Crippen MR) is 77.8 cm³/mol. The summed E-state index contributed by atoms with van der Waals surface area (Å²) in [5.41, 5.74) is 0.801. The minimum atomic E-state index is 0.496. The van der Waals surface area contributed by atoms with Crippen LogP contribution in [0.5, 0.6) is 0 Å². The molecule has 20 heavy (non-hydrogen) atoms. The van der Waals surface area contributed by atoms with Crippen LogP contribution in [0.3, 0.4) is 0 Å². The van der Waals surface area contributed by atoms with Gasteiger partial charge in [-0.05, 0) is 43.2 Å². The molecule has 0 aromatic carbocycles. The van der Waals surface area contributed by atoms with E-state index in [0.29, 0.717) is 11.1 Å². The summed E-state index contributed by atoms with van der Waals surface area (Å²) in [6.45, 7) is 0. The van der Waals surface area contributed by atoms with Crippen LogP contribution < -0.4 is 0 Å². The summed E-state index contributed by atoms with van der Waals surface area (Å²) in [4.78, 5) is 0. The largest absolute Gasteiger partial charge is 0.196 e. The summed E-state index contributed by atoms with van der Waals surface area (Å²) in [6, 6.07) is 3.66. The molecular weight excluding hydrogens is 272 g/mol. The molecule has 0 amide bonds. The number of hydrogen-bond donors (Lipinski definition) is 0. The van der Waals surface area contributed by atoms with Crippen molar-refractivity contribution in [1.82, 2.24) is 19.8 Å². The highest BCUT2D eigenvalue weighted by atomic mass is 35.5. The highest BCUT2D eigenvalue weighted by molar-refractivity contribution is 6.29. The van der Waals surface area contributed by atoms with Crippen LogP contribution in [0.4, 0.5) is 0 Å². The van der Waals surface area contributed by atoms with Crippen molar-refractivity contribution in [2.24, 2.45) is 11.8 Å². The molecule has 2 aliphatic carbocycles. The lowest BCUT2D eigenvalue weighted by molar-refractivity contribution is 0.152. The van der Waals surface area contributed by atoms with Gasteiger partial charge in [-0.25, -0.2) is 0 Å². The second-order valence-corrected chi connectivity index (χ2v) is 6.69. The highest BCUT2D eigenvalue weighted by Crippen LogP contribution is 2.45. The molecule has 0 aliphatic heterocycles. The Labute approximate surface area is 123 Å². The van der Waals surface area contributed by atoms with Gasteiger partial charge in [-0.2, -0.15) is 9.61 Å². The summed E-state index contributed by atoms with van der Waals surface area (Å²) in [6.07, 6.45) is 9.46. The van der Waals surface area contributed by atoms with Gasteiger partial charge in [0.2, 0.25) is 0 Å². The molecule has 3 unspecified atom stereocenters. The van der Waals surface area contributed by atoms with Crippen LogP contribution >= 0.6 is 11.6 Å². The molecule has 2 aromatic heterocycles. The van der Waals surface area contributed by atoms with Gasteiger partial charge in [0.05, 0.1) is 0 Å². The van der Waals surface area contributed by atoms with Crippen LogP contribution in [0.25, 0.3) is 5.65 Å². The van der Waals surface area contributed by atoms with Crippen molar-refractivity contribution in [2.75, 3.05) is 0 Å². The van der Waals surface area contributed by atoms with Crippen LogP contribution in [0.1, 0.15) is 56.7 Å². The fourth-order valence-electron chi connectivity index (χ4n) is 4.15. The minimum Gasteiger partial charge on any atom is -0.196 e. The summed E-state index contributed by atoms with van der Waals surface area (Å²) < 4.78 is 1.84. The first-order valence-electron chi connectivity index (χ1n) is 7.69. The fraction of sp³-hybridized carbons (Fsp3) is 0.667. The maximum atomic E-state index is 6.01. The molecule has 106 valence electrons. The van der Waals surface area contributed by atoms with Crippen LogP contribution in [0.15, 0.2) is 12.1 Å². The fourth-order valence-corrected chi connectivity index (χ4v) is 4.28. The molecule has 4 rings (SSSR count). The summed E-state index contributed by atoms with van der Waals surface area (Å²) >= 11 is 6.01. The Morgan fingerprint density at radius 3 is 2.75 bits per heavy atom. The smallest absolute Gasteiger partial charge is 0.178 e. The van der Waals surface area contributed by atoms with E-state index in [1.165, 1.54) is 44.9 Å². The molecular formula is C15H19ClN4. The molecule has 3 atom stereocenters. The quantitative estimate of drug-likeness (QED) is 0.801. The molecule has 0 N–H and O–H groups in total. The Balaban J connectivity index is 1.64. The third-order valence-corrected chi connectivity index (χ3v) is 5.36. The Bertz CT molecular complexity index is 623. The second kappa shape index (κ2) is 4.99. The van der Waals surface area contributed by atoms with E-state index in [0.717, 1.165) is 23.3 Å². The number of nitrogens with zero attached hydrogens (tertiary/aromatic N) is 4. The van der Waals surface area contributed by atoms with Gasteiger partial charge in [-0.3, -0.25) is 0 Å². The van der Waals surface area contributed by atoms with Crippen molar-refractivity contribution >= 4 is 17.2 Å². The molecule has 2 aliphatic rings. The Kier molecular flexibility index (Phi) is 3.14. The maximum absolute atomic E-state index is 6.01. The second-order valence-electron chi connectivity index (χ2n) is 6.30. The number of hydrogen-bond acceptors (Lipinski definition) is 3. The van der Waals surface area contributed by atoms with Crippen molar-refractivity contribution in [3.8, 4) is 0 Å². The zero-order valence-corrected chi connectivity index (χ0v) is 12.3. The summed E-state index contributed by atoms with van der Waals surface area (Å²) in [5, 5.41) is 13.5. The van der Waals surface area contributed by atoms with E-state index < -0.39 is 0 Å². The first-order valence-corrected chi connectivity index (χ1v) is 8.07. The molecule has 0 spiro atoms. The monoisotopic (exact) mass is 290 g/mol. The highest BCUT2D eigenvalue weighted by Gasteiger charge is 2.34. The van der Waals surface area contributed by atoms with Gasteiger partial charge in [-0.15, -0.1) is 10.2 Å². The van der Waals surface area contributed by atoms with E-state index in [-0.39, 0.29) is 0 Å². The van der Waals surface area contributed by atoms with Crippen molar-refractivity contribution in [3.63, 3.8) is 0 Å². The van der Waals surface area contributed by atoms with E-state index in [4.69, 9.17) is 11.6 Å². The van der Waals surface area contributed by atoms with E-state index in [1.54, 1.807) is 6.07 Å². The first-order chi connectivity index (χ1) is 9.81. The summed E-state index contributed by atoms with van der Waals surface area (Å²) in [7, 11) is 0. The zero-order valence-electron chi connectivity index (χ0n) is 11.5. The lowest BCUT2D eigenvalue weighted by atomic mass is 9.67. The van der Waals surface area contributed by atoms with E-state index in [2.05, 4.69) is 15.3 Å². The van der Waals surface area contributed by atoms with Gasteiger partial charge in [0.1, 0.15) is 5.15 Å². The number of fused-ring (bicyclic) bond motifs is 2. The Morgan fingerprint density at radius 2 is 1.85 bits per heavy atom. The van der Waals surface area contributed by atoms with Crippen molar-refractivity contribution in [1.29, 1.82) is 0 Å². The molecule has 0 radical (unpaired) electrons. The molecule has 0 bridgehead atoms. The van der Waals surface area contributed by atoms with Crippen LogP contribution in [0, 0.1) is 11.8 Å². The van der Waals surface area contributed by atoms with Crippen molar-refractivity contribution in [3.05, 3.63) is 23.1 Å². The van der Waals surface area contributed by atoms with E-state index in [9.17, 15) is 0 Å². The lowest BCUT2D eigenvalue weighted by Gasteiger charge is -2.38. The Hall–Kier alpha value is -1.16. The van der Waals surface area contributed by atoms with Crippen LogP contribution in [0.2, 0.25) is 5.15 Å². The average molecular weight is 291 g/mol. The minimum absolute atomic E-state index is 0.496. The lowest BCUT2D eigenvalue weighted by Crippen LogP contribution is -2.27. The van der Waals surface area contributed by atoms with Gasteiger partial charge < -0.3 is 0 Å². The van der Waals surface area contributed by atoms with Gasteiger partial charge in [0.25, 0.3) is 0 Å². The Morgan fingerprint density at radius 1 is 1.00 bits per heavy atom. The average Bonchev–Trinajstić information content (AvgIpc) is 2.89. The standard InChI is InChI=1S/C15H19ClN4/c16-13-7-8-14-17-18-15(20(14)19-13)12-6-5-10-3-1-2-4-11(10)9-12/h7-8,10-12H,1-6,9H2. The number of rotatable bonds is 1. The van der Waals surface area contributed by atoms with Crippen molar-refractivity contribution < 1.29 is 0 Å². The molecule has 2 aromatic rings. The number of halogens is 1. The van der Waals surface area contributed by atoms with E-state index in [1.807, 2.05) is 10.6 Å².